The number of carbonyl (C=O) groups excluding carboxylic acids is 3. The summed E-state index contributed by atoms with van der Waals surface area (Å²) in [6, 6.07) is 14.6. The Morgan fingerprint density at radius 3 is 2.59 bits per heavy atom. The molecule has 3 rings (SSSR count). The minimum Gasteiger partial charge on any atom is -0.445 e. The van der Waals surface area contributed by atoms with Crippen LogP contribution in [0.25, 0.3) is 10.9 Å². The Hall–Kier alpha value is -3.81. The van der Waals surface area contributed by atoms with Crippen LogP contribution in [-0.2, 0) is 22.6 Å². The molecule has 8 nitrogen and oxygen atoms in total. The van der Waals surface area contributed by atoms with Gasteiger partial charge in [0.15, 0.2) is 0 Å². The number of carbonyl (C=O) groups is 3. The third kappa shape index (κ3) is 5.58. The molecule has 0 aliphatic rings. The van der Waals surface area contributed by atoms with E-state index in [1.54, 1.807) is 18.2 Å². The van der Waals surface area contributed by atoms with Gasteiger partial charge < -0.3 is 26.1 Å². The van der Waals surface area contributed by atoms with Gasteiger partial charge in [0, 0.05) is 29.2 Å². The molecule has 5 N–H and O–H groups in total. The van der Waals surface area contributed by atoms with Crippen LogP contribution in [-0.4, -0.2) is 36.0 Å². The first-order valence-corrected chi connectivity index (χ1v) is 9.14. The lowest BCUT2D eigenvalue weighted by atomic mass is 10.1. The molecule has 0 aliphatic heterocycles. The van der Waals surface area contributed by atoms with Crippen LogP contribution in [0.2, 0.25) is 0 Å². The van der Waals surface area contributed by atoms with Gasteiger partial charge in [-0.05, 0) is 35.7 Å². The van der Waals surface area contributed by atoms with Crippen molar-refractivity contribution in [1.29, 1.82) is 0 Å². The number of aromatic nitrogens is 1. The molecule has 3 amide bonds. The first kappa shape index (κ1) is 19.9. The lowest BCUT2D eigenvalue weighted by molar-refractivity contribution is -0.117. The second-order valence-electron chi connectivity index (χ2n) is 6.46. The number of alkyl carbamates (subject to hydrolysis) is 1. The topological polar surface area (TPSA) is 126 Å². The van der Waals surface area contributed by atoms with Gasteiger partial charge in [0.25, 0.3) is 5.91 Å². The standard InChI is InChI=1S/C21H22N4O4/c22-19(26)12-25-20(27)15-6-7-18-17(10-15)16(11-24-18)8-9-23-21(28)29-13-14-4-2-1-3-5-14/h1-7,10-11,24H,8-9,12-13H2,(H2,22,26)(H,23,28)(H,25,27). The van der Waals surface area contributed by atoms with Crippen molar-refractivity contribution in [3.63, 3.8) is 0 Å². The fourth-order valence-electron chi connectivity index (χ4n) is 2.87. The zero-order valence-electron chi connectivity index (χ0n) is 15.7. The average molecular weight is 394 g/mol. The second-order valence-corrected chi connectivity index (χ2v) is 6.46. The fraction of sp³-hybridized carbons (Fsp3) is 0.190. The van der Waals surface area contributed by atoms with Crippen molar-refractivity contribution in [2.24, 2.45) is 5.73 Å². The number of hydrogen-bond acceptors (Lipinski definition) is 4. The van der Waals surface area contributed by atoms with Crippen molar-refractivity contribution in [2.75, 3.05) is 13.1 Å². The Kier molecular flexibility index (Phi) is 6.47. The number of ether oxygens (including phenoxy) is 1. The Morgan fingerprint density at radius 1 is 1.03 bits per heavy atom. The van der Waals surface area contributed by atoms with E-state index < -0.39 is 12.0 Å². The maximum atomic E-state index is 12.1. The molecule has 2 aromatic carbocycles. The molecule has 0 spiro atoms. The van der Waals surface area contributed by atoms with Gasteiger partial charge in [0.05, 0.1) is 6.54 Å². The van der Waals surface area contributed by atoms with E-state index in [4.69, 9.17) is 10.5 Å². The van der Waals surface area contributed by atoms with E-state index in [0.717, 1.165) is 22.0 Å². The highest BCUT2D eigenvalue weighted by Crippen LogP contribution is 2.20. The van der Waals surface area contributed by atoms with Crippen LogP contribution in [0.3, 0.4) is 0 Å². The molecule has 150 valence electrons. The molecule has 0 saturated carbocycles. The maximum Gasteiger partial charge on any atom is 0.407 e. The normalized spacial score (nSPS) is 10.5. The Labute approximate surface area is 167 Å². The zero-order chi connectivity index (χ0) is 20.6. The molecule has 3 aromatic rings. The van der Waals surface area contributed by atoms with Gasteiger partial charge in [-0.1, -0.05) is 30.3 Å². The van der Waals surface area contributed by atoms with Gasteiger partial charge in [-0.25, -0.2) is 4.79 Å². The number of primary amides is 1. The molecule has 0 unspecified atom stereocenters. The highest BCUT2D eigenvalue weighted by molar-refractivity contribution is 6.00. The minimum atomic E-state index is -0.605. The van der Waals surface area contributed by atoms with Crippen molar-refractivity contribution in [3.8, 4) is 0 Å². The van der Waals surface area contributed by atoms with E-state index in [9.17, 15) is 14.4 Å². The third-order valence-electron chi connectivity index (χ3n) is 4.33. The number of hydrogen-bond donors (Lipinski definition) is 4. The summed E-state index contributed by atoms with van der Waals surface area (Å²) in [4.78, 5) is 37.9. The van der Waals surface area contributed by atoms with Crippen LogP contribution in [0.15, 0.2) is 54.7 Å². The Morgan fingerprint density at radius 2 is 1.83 bits per heavy atom. The summed E-state index contributed by atoms with van der Waals surface area (Å²) in [6.45, 7) is 0.383. The van der Waals surface area contributed by atoms with Crippen LogP contribution < -0.4 is 16.4 Å². The predicted octanol–water partition coefficient (Wildman–Crippen LogP) is 1.85. The van der Waals surface area contributed by atoms with Crippen LogP contribution in [0.5, 0.6) is 0 Å². The van der Waals surface area contributed by atoms with E-state index >= 15 is 0 Å². The van der Waals surface area contributed by atoms with Crippen LogP contribution in [0, 0.1) is 0 Å². The summed E-state index contributed by atoms with van der Waals surface area (Å²) in [6.07, 6.45) is 1.92. The molecular weight excluding hydrogens is 372 g/mol. The fourth-order valence-corrected chi connectivity index (χ4v) is 2.87. The second kappa shape index (κ2) is 9.41. The van der Waals surface area contributed by atoms with Gasteiger partial charge in [0.1, 0.15) is 6.61 Å². The first-order chi connectivity index (χ1) is 14.0. The van der Waals surface area contributed by atoms with E-state index in [-0.39, 0.29) is 19.1 Å². The molecule has 0 atom stereocenters. The highest BCUT2D eigenvalue weighted by Gasteiger charge is 2.11. The summed E-state index contributed by atoms with van der Waals surface area (Å²) < 4.78 is 5.18. The number of benzene rings is 2. The minimum absolute atomic E-state index is 0.212. The zero-order valence-corrected chi connectivity index (χ0v) is 15.7. The Balaban J connectivity index is 1.54. The third-order valence-corrected chi connectivity index (χ3v) is 4.33. The average Bonchev–Trinajstić information content (AvgIpc) is 3.13. The number of rotatable bonds is 8. The smallest absolute Gasteiger partial charge is 0.407 e. The van der Waals surface area contributed by atoms with Crippen molar-refractivity contribution >= 4 is 28.8 Å². The predicted molar refractivity (Wildman–Crippen MR) is 108 cm³/mol. The van der Waals surface area contributed by atoms with Gasteiger partial charge in [-0.2, -0.15) is 0 Å². The summed E-state index contributed by atoms with van der Waals surface area (Å²) in [7, 11) is 0. The summed E-state index contributed by atoms with van der Waals surface area (Å²) in [5.74, 6) is -0.979. The molecule has 0 bridgehead atoms. The quantitative estimate of drug-likeness (QED) is 0.465. The molecule has 0 fully saturated rings. The number of aromatic amines is 1. The van der Waals surface area contributed by atoms with Crippen molar-refractivity contribution < 1.29 is 19.1 Å². The first-order valence-electron chi connectivity index (χ1n) is 9.14. The van der Waals surface area contributed by atoms with Crippen LogP contribution in [0.4, 0.5) is 4.79 Å². The number of fused-ring (bicyclic) bond motifs is 1. The van der Waals surface area contributed by atoms with E-state index in [1.165, 1.54) is 0 Å². The van der Waals surface area contributed by atoms with Crippen molar-refractivity contribution in [3.05, 3.63) is 71.4 Å². The molecule has 1 heterocycles. The largest absolute Gasteiger partial charge is 0.445 e. The van der Waals surface area contributed by atoms with Crippen LogP contribution in [0.1, 0.15) is 21.5 Å². The number of H-pyrrole nitrogens is 1. The Bertz CT molecular complexity index is 1010. The van der Waals surface area contributed by atoms with Crippen LogP contribution >= 0.6 is 0 Å². The SMILES string of the molecule is NC(=O)CNC(=O)c1ccc2[nH]cc(CCNC(=O)OCc3ccccc3)c2c1. The van der Waals surface area contributed by atoms with E-state index in [0.29, 0.717) is 18.5 Å². The van der Waals surface area contributed by atoms with Gasteiger partial charge >= 0.3 is 6.09 Å². The van der Waals surface area contributed by atoms with Gasteiger partial charge in [-0.3, -0.25) is 9.59 Å². The van der Waals surface area contributed by atoms with Crippen molar-refractivity contribution in [2.45, 2.75) is 13.0 Å². The maximum absolute atomic E-state index is 12.1. The number of amides is 3. The monoisotopic (exact) mass is 394 g/mol. The lowest BCUT2D eigenvalue weighted by Gasteiger charge is -2.07. The molecule has 0 saturated heterocycles. The lowest BCUT2D eigenvalue weighted by Crippen LogP contribution is -2.33. The molecule has 29 heavy (non-hydrogen) atoms. The molecule has 0 radical (unpaired) electrons. The van der Waals surface area contributed by atoms with E-state index in [2.05, 4.69) is 15.6 Å². The number of nitrogens with one attached hydrogen (secondary N) is 3. The van der Waals surface area contributed by atoms with Crippen molar-refractivity contribution in [1.82, 2.24) is 15.6 Å². The molecule has 0 aliphatic carbocycles. The summed E-state index contributed by atoms with van der Waals surface area (Å²) >= 11 is 0. The number of nitrogens with two attached hydrogens (primary N) is 1. The van der Waals surface area contributed by atoms with Gasteiger partial charge in [0.2, 0.25) is 5.91 Å². The van der Waals surface area contributed by atoms with Gasteiger partial charge in [-0.15, -0.1) is 0 Å². The molecule has 8 heteroatoms. The highest BCUT2D eigenvalue weighted by atomic mass is 16.5. The molecule has 1 aromatic heterocycles. The van der Waals surface area contributed by atoms with E-state index in [1.807, 2.05) is 36.5 Å². The molecular formula is C21H22N4O4. The summed E-state index contributed by atoms with van der Waals surface area (Å²) in [5, 5.41) is 6.05. The summed E-state index contributed by atoms with van der Waals surface area (Å²) in [5.41, 5.74) is 8.22.